The van der Waals surface area contributed by atoms with Crippen molar-refractivity contribution in [1.82, 2.24) is 0 Å². The van der Waals surface area contributed by atoms with Gasteiger partial charge in [0.2, 0.25) is 0 Å². The Morgan fingerprint density at radius 3 is 2.33 bits per heavy atom. The van der Waals surface area contributed by atoms with Crippen LogP contribution in [0.4, 0.5) is 17.6 Å². The summed E-state index contributed by atoms with van der Waals surface area (Å²) in [4.78, 5) is 0. The molecule has 0 aromatic heterocycles. The third-order valence-corrected chi connectivity index (χ3v) is 1.86. The maximum atomic E-state index is 12.7. The van der Waals surface area contributed by atoms with E-state index in [0.717, 1.165) is 6.07 Å². The second-order valence-electron chi connectivity index (χ2n) is 2.77. The van der Waals surface area contributed by atoms with Crippen LogP contribution in [0.5, 0.6) is 0 Å². The van der Waals surface area contributed by atoms with Crippen LogP contribution in [0.2, 0.25) is 0 Å². The van der Waals surface area contributed by atoms with Gasteiger partial charge in [0.05, 0.1) is 5.56 Å². The van der Waals surface area contributed by atoms with Gasteiger partial charge in [0.1, 0.15) is 5.82 Å². The van der Waals surface area contributed by atoms with Crippen molar-refractivity contribution in [2.45, 2.75) is 12.6 Å². The van der Waals surface area contributed by atoms with E-state index in [-0.39, 0.29) is 0 Å². The molecule has 0 heterocycles. The van der Waals surface area contributed by atoms with E-state index in [1.807, 2.05) is 0 Å². The molecule has 0 saturated heterocycles. The summed E-state index contributed by atoms with van der Waals surface area (Å²) in [7, 11) is 0. The fraction of sp³-hybridized carbons (Fsp3) is 0.250. The first-order chi connectivity index (χ1) is 5.48. The van der Waals surface area contributed by atoms with E-state index < -0.39 is 17.6 Å². The standard InChI is InChI=1S/C8H4F4/c9-7-3-5(8(10,11)12)1-4-2-6(4)7/h1,3H,2H2. The normalized spacial score (nSPS) is 14.3. The number of fused-ring (bicyclic) bond motifs is 1. The van der Waals surface area contributed by atoms with Crippen LogP contribution in [0.1, 0.15) is 16.7 Å². The fourth-order valence-electron chi connectivity index (χ4n) is 1.14. The van der Waals surface area contributed by atoms with Crippen LogP contribution in [-0.4, -0.2) is 0 Å². The highest BCUT2D eigenvalue weighted by molar-refractivity contribution is 5.48. The Morgan fingerprint density at radius 1 is 1.17 bits per heavy atom. The Labute approximate surface area is 65.8 Å². The van der Waals surface area contributed by atoms with Gasteiger partial charge in [-0.3, -0.25) is 0 Å². The Morgan fingerprint density at radius 2 is 1.83 bits per heavy atom. The highest BCUT2D eigenvalue weighted by Crippen LogP contribution is 2.37. The Kier molecular flexibility index (Phi) is 1.26. The number of rotatable bonds is 0. The van der Waals surface area contributed by atoms with Crippen LogP contribution in [0.25, 0.3) is 0 Å². The van der Waals surface area contributed by atoms with E-state index in [4.69, 9.17) is 0 Å². The molecular weight excluding hydrogens is 172 g/mol. The van der Waals surface area contributed by atoms with Crippen LogP contribution < -0.4 is 0 Å². The predicted molar refractivity (Wildman–Crippen MR) is 34.2 cm³/mol. The highest BCUT2D eigenvalue weighted by Gasteiger charge is 2.34. The zero-order valence-electron chi connectivity index (χ0n) is 5.87. The highest BCUT2D eigenvalue weighted by atomic mass is 19.4. The van der Waals surface area contributed by atoms with Gasteiger partial charge in [-0.25, -0.2) is 4.39 Å². The number of alkyl halides is 3. The average Bonchev–Trinajstić information content (AvgIpc) is 2.63. The van der Waals surface area contributed by atoms with Gasteiger partial charge in [0, 0.05) is 6.42 Å². The number of benzene rings is 1. The monoisotopic (exact) mass is 176 g/mol. The van der Waals surface area contributed by atoms with Gasteiger partial charge in [0.25, 0.3) is 0 Å². The molecule has 64 valence electrons. The lowest BCUT2D eigenvalue weighted by Gasteiger charge is -2.04. The molecule has 0 spiro atoms. The first-order valence-corrected chi connectivity index (χ1v) is 3.37. The van der Waals surface area contributed by atoms with Gasteiger partial charge >= 0.3 is 6.18 Å². The average molecular weight is 176 g/mol. The molecule has 0 saturated carbocycles. The lowest BCUT2D eigenvalue weighted by Crippen LogP contribution is -2.04. The van der Waals surface area contributed by atoms with E-state index in [9.17, 15) is 17.6 Å². The lowest BCUT2D eigenvalue weighted by atomic mass is 10.2. The lowest BCUT2D eigenvalue weighted by molar-refractivity contribution is -0.137. The SMILES string of the molecule is Fc1cc(C(F)(F)F)cc2c1C2. The second kappa shape index (κ2) is 2.00. The van der Waals surface area contributed by atoms with E-state index in [1.165, 1.54) is 0 Å². The largest absolute Gasteiger partial charge is 0.416 e. The number of halogens is 4. The molecule has 0 unspecified atom stereocenters. The molecule has 0 fully saturated rings. The van der Waals surface area contributed by atoms with Gasteiger partial charge in [-0.05, 0) is 23.3 Å². The summed E-state index contributed by atoms with van der Waals surface area (Å²) < 4.78 is 48.7. The Balaban J connectivity index is 2.49. The smallest absolute Gasteiger partial charge is 0.207 e. The first-order valence-electron chi connectivity index (χ1n) is 3.37. The Bertz CT molecular complexity index is 338. The molecule has 12 heavy (non-hydrogen) atoms. The summed E-state index contributed by atoms with van der Waals surface area (Å²) in [6.45, 7) is 0. The predicted octanol–water partition coefficient (Wildman–Crippen LogP) is 2.75. The quantitative estimate of drug-likeness (QED) is 0.541. The van der Waals surface area contributed by atoms with Crippen molar-refractivity contribution in [3.05, 3.63) is 34.6 Å². The van der Waals surface area contributed by atoms with Crippen LogP contribution in [0, 0.1) is 5.82 Å². The minimum absolute atomic E-state index is 0.363. The van der Waals surface area contributed by atoms with Crippen LogP contribution >= 0.6 is 0 Å². The molecule has 0 radical (unpaired) electrons. The fourth-order valence-corrected chi connectivity index (χ4v) is 1.14. The first kappa shape index (κ1) is 7.58. The van der Waals surface area contributed by atoms with E-state index in [0.29, 0.717) is 23.6 Å². The number of hydrogen-bond donors (Lipinski definition) is 0. The summed E-state index contributed by atoms with van der Waals surface area (Å²) in [5.41, 5.74) is 0.00146. The Hall–Kier alpha value is -1.06. The molecule has 1 aliphatic rings. The van der Waals surface area contributed by atoms with Gasteiger partial charge in [0.15, 0.2) is 0 Å². The zero-order valence-corrected chi connectivity index (χ0v) is 5.87. The van der Waals surface area contributed by atoms with Crippen molar-refractivity contribution in [3.8, 4) is 0 Å². The zero-order chi connectivity index (χ0) is 8.93. The van der Waals surface area contributed by atoms with Crippen LogP contribution in [0.15, 0.2) is 12.1 Å². The molecule has 0 atom stereocenters. The maximum Gasteiger partial charge on any atom is 0.416 e. The second-order valence-corrected chi connectivity index (χ2v) is 2.77. The van der Waals surface area contributed by atoms with Crippen molar-refractivity contribution in [2.24, 2.45) is 0 Å². The topological polar surface area (TPSA) is 0 Å². The van der Waals surface area contributed by atoms with Crippen LogP contribution in [0.3, 0.4) is 0 Å². The summed E-state index contributed by atoms with van der Waals surface area (Å²) in [6.07, 6.45) is -4.07. The summed E-state index contributed by atoms with van der Waals surface area (Å²) in [5, 5.41) is 0. The maximum absolute atomic E-state index is 12.7. The van der Waals surface area contributed by atoms with Crippen molar-refractivity contribution >= 4 is 0 Å². The number of hydrogen-bond acceptors (Lipinski definition) is 0. The molecule has 0 aliphatic heterocycles. The molecule has 0 nitrogen and oxygen atoms in total. The van der Waals surface area contributed by atoms with E-state index in [1.54, 1.807) is 0 Å². The van der Waals surface area contributed by atoms with Gasteiger partial charge in [-0.1, -0.05) is 0 Å². The molecule has 1 aromatic carbocycles. The molecule has 0 amide bonds. The van der Waals surface area contributed by atoms with E-state index in [2.05, 4.69) is 0 Å². The summed E-state index contributed by atoms with van der Waals surface area (Å²) in [6, 6.07) is 1.55. The molecule has 4 heteroatoms. The van der Waals surface area contributed by atoms with Crippen molar-refractivity contribution in [3.63, 3.8) is 0 Å². The molecule has 1 aliphatic carbocycles. The van der Waals surface area contributed by atoms with Crippen molar-refractivity contribution in [2.75, 3.05) is 0 Å². The minimum Gasteiger partial charge on any atom is -0.207 e. The third kappa shape index (κ3) is 1.07. The molecule has 0 N–H and O–H groups in total. The van der Waals surface area contributed by atoms with Gasteiger partial charge in [-0.2, -0.15) is 13.2 Å². The molecular formula is C8H4F4. The molecule has 0 bridgehead atoms. The summed E-state index contributed by atoms with van der Waals surface area (Å²) in [5.74, 6) is -0.736. The van der Waals surface area contributed by atoms with Crippen molar-refractivity contribution in [1.29, 1.82) is 0 Å². The minimum atomic E-state index is -4.43. The molecule has 1 aromatic rings. The van der Waals surface area contributed by atoms with Gasteiger partial charge in [-0.15, -0.1) is 0 Å². The third-order valence-electron chi connectivity index (χ3n) is 1.86. The van der Waals surface area contributed by atoms with E-state index >= 15 is 0 Å². The molecule has 2 rings (SSSR count). The van der Waals surface area contributed by atoms with Crippen LogP contribution in [-0.2, 0) is 12.6 Å². The summed E-state index contributed by atoms with van der Waals surface area (Å²) >= 11 is 0. The van der Waals surface area contributed by atoms with Crippen molar-refractivity contribution < 1.29 is 17.6 Å². The van der Waals surface area contributed by atoms with Gasteiger partial charge < -0.3 is 0 Å².